The maximum absolute atomic E-state index is 15.2. The van der Waals surface area contributed by atoms with Crippen molar-refractivity contribution in [1.82, 2.24) is 9.80 Å². The Morgan fingerprint density at radius 2 is 1.02 bits per heavy atom. The first-order valence-corrected chi connectivity index (χ1v) is 22.9. The molecule has 3 N–H and O–H groups in total. The summed E-state index contributed by atoms with van der Waals surface area (Å²) in [6, 6.07) is 27.6. The molecule has 0 aliphatic carbocycles. The van der Waals surface area contributed by atoms with E-state index in [1.807, 2.05) is 86.6 Å². The predicted octanol–water partition coefficient (Wildman–Crippen LogP) is 8.39. The van der Waals surface area contributed by atoms with Crippen molar-refractivity contribution in [3.05, 3.63) is 119 Å². The second-order valence-electron chi connectivity index (χ2n) is 15.3. The molecule has 6 rings (SSSR count). The van der Waals surface area contributed by atoms with Crippen LogP contribution in [0.2, 0.25) is 0 Å². The number of carbonyl (C=O) groups excluding carboxylic acids is 1. The van der Waals surface area contributed by atoms with Gasteiger partial charge in [-0.1, -0.05) is 51.0 Å². The van der Waals surface area contributed by atoms with Gasteiger partial charge in [-0.15, -0.1) is 0 Å². The molecule has 0 radical (unpaired) electrons. The summed E-state index contributed by atoms with van der Waals surface area (Å²) in [4.78, 5) is 18.6. The zero-order valence-electron chi connectivity index (χ0n) is 34.7. The Hall–Kier alpha value is -4.42. The first kappa shape index (κ1) is 44.1. The molecule has 2 heterocycles. The van der Waals surface area contributed by atoms with Crippen LogP contribution < -0.4 is 14.2 Å². The van der Waals surface area contributed by atoms with Gasteiger partial charge in [0.1, 0.15) is 17.2 Å². The number of phenolic OH excluding ortho intramolecular Hbond substituents is 1. The number of benzene rings is 4. The van der Waals surface area contributed by atoms with Gasteiger partial charge in [0, 0.05) is 0 Å². The van der Waals surface area contributed by atoms with Crippen molar-refractivity contribution in [3.8, 4) is 23.0 Å². The Kier molecular flexibility index (Phi) is 15.9. The average molecular weight is 833 g/mol. The van der Waals surface area contributed by atoms with Gasteiger partial charge in [0.25, 0.3) is 0 Å². The molecule has 2 fully saturated rings. The van der Waals surface area contributed by atoms with E-state index in [9.17, 15) is 15.3 Å². The van der Waals surface area contributed by atoms with E-state index < -0.39 is 32.2 Å². The Morgan fingerprint density at radius 3 is 1.42 bits per heavy atom. The zero-order valence-corrected chi connectivity index (χ0v) is 35.7. The molecule has 0 aromatic heterocycles. The van der Waals surface area contributed by atoms with Crippen molar-refractivity contribution in [2.24, 2.45) is 0 Å². The summed E-state index contributed by atoms with van der Waals surface area (Å²) >= 11 is 0. The van der Waals surface area contributed by atoms with Crippen molar-refractivity contribution >= 4 is 14.0 Å². The van der Waals surface area contributed by atoms with Crippen LogP contribution in [0.1, 0.15) is 75.6 Å². The number of aliphatic hydroxyl groups is 2. The van der Waals surface area contributed by atoms with Crippen LogP contribution in [0.25, 0.3) is 0 Å². The van der Waals surface area contributed by atoms with Crippen molar-refractivity contribution < 1.29 is 47.9 Å². The van der Waals surface area contributed by atoms with Gasteiger partial charge in [-0.05, 0) is 60.4 Å². The normalized spacial score (nSPS) is 22.0. The van der Waals surface area contributed by atoms with Crippen LogP contribution in [0.3, 0.4) is 0 Å². The molecule has 12 nitrogen and oxygen atoms in total. The first-order valence-electron chi connectivity index (χ1n) is 21.0. The van der Waals surface area contributed by atoms with Gasteiger partial charge in [0.05, 0.1) is 13.2 Å². The monoisotopic (exact) mass is 832 g/mol. The van der Waals surface area contributed by atoms with Crippen LogP contribution in [0, 0.1) is 0 Å². The fourth-order valence-electron chi connectivity index (χ4n) is 7.47. The number of rotatable bonds is 21. The van der Waals surface area contributed by atoms with Gasteiger partial charge in [-0.25, -0.2) is 0 Å². The number of amides is 2. The standard InChI is InChI=1S/C46H61N2O10P/c1-5-8-26-53-39-22-14-36(15-23-39)30-47-42(28-34-10-18-38(49)19-11-34)44(50)45(51)43(48(46(47)52)31-37-16-24-40(25-17-37)54-27-9-6-2)29-35-12-20-41(21-13-35)55-32-59(56-7-3)57-33(4)58-59/h10-25,33,42-45,49-51,59H,5-9,26-32H2,1-4H3/t42-,43-,44+,45+/m1/s1. The molecule has 2 saturated heterocycles. The summed E-state index contributed by atoms with van der Waals surface area (Å²) in [6.45, 7) is 10.00. The summed E-state index contributed by atoms with van der Waals surface area (Å²) in [5, 5.41) is 34.5. The first-order chi connectivity index (χ1) is 28.6. The quantitative estimate of drug-likeness (QED) is 0.0554. The number of carbonyl (C=O) groups is 1. The van der Waals surface area contributed by atoms with Gasteiger partial charge >= 0.3 is 194 Å². The van der Waals surface area contributed by atoms with Gasteiger partial charge in [-0.3, -0.25) is 0 Å². The Morgan fingerprint density at radius 1 is 0.610 bits per heavy atom. The molecule has 4 aromatic carbocycles. The minimum Gasteiger partial charge on any atom is -0.508 e. The number of aliphatic hydroxyl groups excluding tert-OH is 2. The molecule has 0 saturated carbocycles. The van der Waals surface area contributed by atoms with Crippen LogP contribution in [-0.2, 0) is 39.5 Å². The predicted molar refractivity (Wildman–Crippen MR) is 229 cm³/mol. The fourth-order valence-corrected chi connectivity index (χ4v) is 9.64. The van der Waals surface area contributed by atoms with Crippen molar-refractivity contribution in [2.45, 2.75) is 110 Å². The van der Waals surface area contributed by atoms with Gasteiger partial charge in [0.15, 0.2) is 0 Å². The summed E-state index contributed by atoms with van der Waals surface area (Å²) in [5.41, 5.74) is 3.35. The Balaban J connectivity index is 1.30. The van der Waals surface area contributed by atoms with Crippen molar-refractivity contribution in [2.75, 3.05) is 26.2 Å². The molecule has 0 bridgehead atoms. The average Bonchev–Trinajstić information content (AvgIpc) is 3.29. The number of hydrogen-bond donors (Lipinski definition) is 3. The van der Waals surface area contributed by atoms with Crippen LogP contribution in [-0.4, -0.2) is 87.9 Å². The van der Waals surface area contributed by atoms with Gasteiger partial charge < -0.3 is 14.6 Å². The molecule has 2 amide bonds. The third-order valence-corrected chi connectivity index (χ3v) is 13.3. The van der Waals surface area contributed by atoms with E-state index in [1.165, 1.54) is 0 Å². The molecular weight excluding hydrogens is 771 g/mol. The molecule has 320 valence electrons. The number of hydrogen-bond acceptors (Lipinski definition) is 10. The van der Waals surface area contributed by atoms with E-state index in [1.54, 1.807) is 34.1 Å². The number of nitrogens with zero attached hydrogens (tertiary/aromatic N) is 2. The van der Waals surface area contributed by atoms with Gasteiger partial charge in [0.2, 0.25) is 0 Å². The third-order valence-electron chi connectivity index (χ3n) is 10.7. The van der Waals surface area contributed by atoms with E-state index >= 15 is 4.79 Å². The Bertz CT molecular complexity index is 1870. The molecule has 2 aliphatic rings. The maximum atomic E-state index is 15.2. The van der Waals surface area contributed by atoms with Crippen LogP contribution in [0.5, 0.6) is 23.0 Å². The number of aromatic hydroxyl groups is 1. The SMILES string of the molecule is CCCCOc1ccc(CN2C(=O)N(Cc3ccc(OCCCC)cc3)[C@H](Cc3ccc(OC[PH]4(OCC)OC(C)O4)cc3)[C@H](O)[C@@H](O)[C@H]2Cc2ccc(O)cc2)cc1. The van der Waals surface area contributed by atoms with Crippen LogP contribution >= 0.6 is 7.94 Å². The second-order valence-corrected chi connectivity index (χ2v) is 17.7. The summed E-state index contributed by atoms with van der Waals surface area (Å²) in [7, 11) is -2.87. The summed E-state index contributed by atoms with van der Waals surface area (Å²) in [6.07, 6.45) is 1.68. The molecule has 13 heteroatoms. The number of unbranched alkanes of at least 4 members (excludes halogenated alkanes) is 2. The zero-order chi connectivity index (χ0) is 41.8. The molecule has 4 aromatic rings. The fraction of sp³-hybridized carbons (Fsp3) is 0.457. The molecule has 2 aliphatic heterocycles. The number of ether oxygens (including phenoxy) is 3. The van der Waals surface area contributed by atoms with E-state index in [2.05, 4.69) is 13.8 Å². The van der Waals surface area contributed by atoms with Crippen LogP contribution in [0.4, 0.5) is 4.79 Å². The van der Waals surface area contributed by atoms with E-state index in [0.717, 1.165) is 59.4 Å². The number of urea groups is 1. The molecule has 4 atom stereocenters. The molecule has 0 unspecified atom stereocenters. The van der Waals surface area contributed by atoms with Crippen molar-refractivity contribution in [3.63, 3.8) is 0 Å². The Labute approximate surface area is 349 Å². The molecule has 59 heavy (non-hydrogen) atoms. The smallest absolute Gasteiger partial charge is 0.508 e. The third kappa shape index (κ3) is 11.9. The second kappa shape index (κ2) is 21.2. The summed E-state index contributed by atoms with van der Waals surface area (Å²) < 4.78 is 35.3. The topological polar surface area (TPSA) is 140 Å². The molecular formula is C46H61N2O10P. The number of phenols is 1. The van der Waals surface area contributed by atoms with Crippen molar-refractivity contribution in [1.29, 1.82) is 0 Å². The van der Waals surface area contributed by atoms with Crippen LogP contribution in [0.15, 0.2) is 97.1 Å². The van der Waals surface area contributed by atoms with Gasteiger partial charge in [-0.2, -0.15) is 0 Å². The minimum absolute atomic E-state index is 0.115. The molecule has 0 spiro atoms. The summed E-state index contributed by atoms with van der Waals surface area (Å²) in [5.74, 6) is 2.21. The van der Waals surface area contributed by atoms with E-state index in [0.29, 0.717) is 25.6 Å². The van der Waals surface area contributed by atoms with E-state index in [4.69, 9.17) is 27.8 Å². The van der Waals surface area contributed by atoms with E-state index in [-0.39, 0.29) is 50.3 Å². The minimum atomic E-state index is -2.87.